The van der Waals surface area contributed by atoms with Crippen molar-refractivity contribution in [3.05, 3.63) is 54.2 Å². The van der Waals surface area contributed by atoms with Crippen molar-refractivity contribution in [1.82, 2.24) is 9.88 Å². The Labute approximate surface area is 186 Å². The lowest BCUT2D eigenvalue weighted by atomic mass is 9.87. The Morgan fingerprint density at radius 3 is 2.21 bits per heavy atom. The van der Waals surface area contributed by atoms with Crippen molar-refractivity contribution in [2.75, 3.05) is 44.2 Å². The normalized spacial score (nSPS) is 15.8. The number of β-amino-alcohol motifs (C(OH)–C–C–N with tert-alkyl or cyclic N) is 1. The van der Waals surface area contributed by atoms with E-state index in [1.807, 2.05) is 36.5 Å². The topological polar surface area (TPSA) is 48.8 Å². The Hall–Kier alpha value is -1.53. The summed E-state index contributed by atoms with van der Waals surface area (Å²) in [5.41, 5.74) is 1.41. The van der Waals surface area contributed by atoms with Gasteiger partial charge < -0.3 is 39.6 Å². The lowest BCUT2D eigenvalue weighted by Crippen LogP contribution is -3.00. The second kappa shape index (κ2) is 11.6. The number of nitrogens with zero attached hydrogens (tertiary/aromatic N) is 3. The summed E-state index contributed by atoms with van der Waals surface area (Å²) < 4.78 is 5.77. The summed E-state index contributed by atoms with van der Waals surface area (Å²) in [5.74, 6) is 1.83. The zero-order chi connectivity index (χ0) is 19.3. The Kier molecular flexibility index (Phi) is 10.2. The molecule has 0 radical (unpaired) electrons. The van der Waals surface area contributed by atoms with Crippen LogP contribution in [0.15, 0.2) is 48.7 Å². The predicted octanol–water partition coefficient (Wildman–Crippen LogP) is -3.05. The van der Waals surface area contributed by atoms with Crippen molar-refractivity contribution in [1.29, 1.82) is 0 Å². The molecule has 1 atom stereocenters. The van der Waals surface area contributed by atoms with Gasteiger partial charge in [-0.25, -0.2) is 4.98 Å². The van der Waals surface area contributed by atoms with E-state index in [9.17, 15) is 5.11 Å². The van der Waals surface area contributed by atoms with Crippen LogP contribution in [0.1, 0.15) is 26.3 Å². The molecule has 0 bridgehead atoms. The third-order valence-corrected chi connectivity index (χ3v) is 4.98. The zero-order valence-electron chi connectivity index (χ0n) is 17.4. The highest BCUT2D eigenvalue weighted by atomic mass is 35.5. The van der Waals surface area contributed by atoms with E-state index >= 15 is 0 Å². The van der Waals surface area contributed by atoms with Gasteiger partial charge in [0.1, 0.15) is 24.3 Å². The molecule has 29 heavy (non-hydrogen) atoms. The number of rotatable bonds is 6. The van der Waals surface area contributed by atoms with Crippen LogP contribution in [0.25, 0.3) is 0 Å². The number of hydrogen-bond acceptors (Lipinski definition) is 5. The van der Waals surface area contributed by atoms with E-state index in [2.05, 4.69) is 47.7 Å². The monoisotopic (exact) mass is 439 g/mol. The highest BCUT2D eigenvalue weighted by Gasteiger charge is 2.20. The van der Waals surface area contributed by atoms with Crippen LogP contribution in [0, 0.1) is 0 Å². The van der Waals surface area contributed by atoms with Crippen LogP contribution in [-0.4, -0.2) is 60.4 Å². The molecule has 1 aliphatic rings. The number of halogens is 2. The summed E-state index contributed by atoms with van der Waals surface area (Å²) in [6.07, 6.45) is 1.34. The van der Waals surface area contributed by atoms with Crippen molar-refractivity contribution < 1.29 is 34.7 Å². The SMILES string of the molecule is CC(C)(C)c1ccc(OCC(O)CN2CCN(c3ccccn3)CC2)cc1.[Cl-].[Cl-]. The molecule has 0 saturated carbocycles. The smallest absolute Gasteiger partial charge is 0.128 e. The van der Waals surface area contributed by atoms with Crippen molar-refractivity contribution in [3.8, 4) is 5.75 Å². The summed E-state index contributed by atoms with van der Waals surface area (Å²) in [6, 6.07) is 14.2. The van der Waals surface area contributed by atoms with Crippen LogP contribution in [-0.2, 0) is 5.41 Å². The van der Waals surface area contributed by atoms with Crippen LogP contribution in [0.2, 0.25) is 0 Å². The van der Waals surface area contributed by atoms with Crippen LogP contribution in [0.3, 0.4) is 0 Å². The minimum absolute atomic E-state index is 0. The van der Waals surface area contributed by atoms with Gasteiger partial charge in [-0.05, 0) is 35.2 Å². The lowest BCUT2D eigenvalue weighted by Gasteiger charge is -2.36. The van der Waals surface area contributed by atoms with Gasteiger partial charge >= 0.3 is 0 Å². The molecule has 1 aromatic carbocycles. The number of pyridine rings is 1. The summed E-state index contributed by atoms with van der Waals surface area (Å²) in [4.78, 5) is 8.99. The van der Waals surface area contributed by atoms with Gasteiger partial charge in [0.25, 0.3) is 0 Å². The molecule has 2 heterocycles. The molecule has 0 aliphatic carbocycles. The molecule has 162 valence electrons. The molecule has 1 aliphatic heterocycles. The van der Waals surface area contributed by atoms with E-state index in [0.29, 0.717) is 13.2 Å². The van der Waals surface area contributed by atoms with Crippen molar-refractivity contribution in [2.45, 2.75) is 32.3 Å². The van der Waals surface area contributed by atoms with Gasteiger partial charge in [-0.2, -0.15) is 0 Å². The van der Waals surface area contributed by atoms with Gasteiger partial charge in [-0.15, -0.1) is 0 Å². The van der Waals surface area contributed by atoms with E-state index in [-0.39, 0.29) is 30.2 Å². The number of ether oxygens (including phenoxy) is 1. The number of hydrogen-bond donors (Lipinski definition) is 1. The molecular weight excluding hydrogens is 409 g/mol. The summed E-state index contributed by atoms with van der Waals surface area (Å²) in [5, 5.41) is 10.3. The first-order valence-electron chi connectivity index (χ1n) is 9.71. The first-order valence-corrected chi connectivity index (χ1v) is 9.71. The van der Waals surface area contributed by atoms with Gasteiger partial charge in [-0.3, -0.25) is 4.90 Å². The number of aliphatic hydroxyl groups is 1. The Morgan fingerprint density at radius 1 is 1.00 bits per heavy atom. The fraction of sp³-hybridized carbons (Fsp3) is 0.500. The number of benzene rings is 1. The average molecular weight is 440 g/mol. The van der Waals surface area contributed by atoms with Crippen LogP contribution >= 0.6 is 0 Å². The van der Waals surface area contributed by atoms with Crippen molar-refractivity contribution >= 4 is 5.82 Å². The van der Waals surface area contributed by atoms with Crippen LogP contribution in [0.4, 0.5) is 5.82 Å². The fourth-order valence-corrected chi connectivity index (χ4v) is 3.29. The Balaban J connectivity index is 0.00000210. The molecule has 5 nitrogen and oxygen atoms in total. The fourth-order valence-electron chi connectivity index (χ4n) is 3.29. The molecule has 1 unspecified atom stereocenters. The molecule has 0 amide bonds. The molecule has 7 heteroatoms. The maximum absolute atomic E-state index is 10.3. The first kappa shape index (κ1) is 25.5. The van der Waals surface area contributed by atoms with Crippen LogP contribution < -0.4 is 34.5 Å². The van der Waals surface area contributed by atoms with Crippen LogP contribution in [0.5, 0.6) is 5.75 Å². The van der Waals surface area contributed by atoms with E-state index in [0.717, 1.165) is 37.7 Å². The van der Waals surface area contributed by atoms with E-state index < -0.39 is 6.10 Å². The third-order valence-electron chi connectivity index (χ3n) is 4.98. The van der Waals surface area contributed by atoms with E-state index in [1.54, 1.807) is 0 Å². The zero-order valence-corrected chi connectivity index (χ0v) is 18.9. The minimum atomic E-state index is -0.492. The third kappa shape index (κ3) is 7.67. The summed E-state index contributed by atoms with van der Waals surface area (Å²) in [7, 11) is 0. The van der Waals surface area contributed by atoms with Gasteiger partial charge in [0.05, 0.1) is 0 Å². The standard InChI is InChI=1S/C22H31N3O2.2ClH/c1-22(2,3)18-7-9-20(10-8-18)27-17-19(26)16-24-12-14-25(15-13-24)21-6-4-5-11-23-21;;/h4-11,19,26H,12-17H2,1-3H3;2*1H/p-2. The summed E-state index contributed by atoms with van der Waals surface area (Å²) >= 11 is 0. The number of aromatic nitrogens is 1. The quantitative estimate of drug-likeness (QED) is 0.518. The van der Waals surface area contributed by atoms with Gasteiger partial charge in [-0.1, -0.05) is 39.0 Å². The molecule has 1 N–H and O–H groups in total. The van der Waals surface area contributed by atoms with Gasteiger partial charge in [0.2, 0.25) is 0 Å². The maximum Gasteiger partial charge on any atom is 0.128 e. The Morgan fingerprint density at radius 2 is 1.66 bits per heavy atom. The number of aliphatic hydroxyl groups excluding tert-OH is 1. The van der Waals surface area contributed by atoms with E-state index in [1.165, 1.54) is 5.56 Å². The minimum Gasteiger partial charge on any atom is -1.00 e. The van der Waals surface area contributed by atoms with E-state index in [4.69, 9.17) is 4.74 Å². The Bertz CT molecular complexity index is 700. The van der Waals surface area contributed by atoms with Gasteiger partial charge in [0.15, 0.2) is 0 Å². The predicted molar refractivity (Wildman–Crippen MR) is 110 cm³/mol. The van der Waals surface area contributed by atoms with Crippen molar-refractivity contribution in [2.24, 2.45) is 0 Å². The molecule has 2 aromatic rings. The lowest BCUT2D eigenvalue weighted by molar-refractivity contribution is -0.001000. The maximum atomic E-state index is 10.3. The molecule has 0 spiro atoms. The first-order chi connectivity index (χ1) is 12.9. The molecule has 1 saturated heterocycles. The second-order valence-electron chi connectivity index (χ2n) is 8.21. The highest BCUT2D eigenvalue weighted by molar-refractivity contribution is 5.38. The largest absolute Gasteiger partial charge is 1.00 e. The molecule has 3 rings (SSSR count). The van der Waals surface area contributed by atoms with Crippen molar-refractivity contribution in [3.63, 3.8) is 0 Å². The number of anilines is 1. The molecular formula is C22H31Cl2N3O2-2. The molecule has 1 fully saturated rings. The average Bonchev–Trinajstić information content (AvgIpc) is 2.67. The highest BCUT2D eigenvalue weighted by Crippen LogP contribution is 2.24. The number of piperazine rings is 1. The molecule has 1 aromatic heterocycles. The summed E-state index contributed by atoms with van der Waals surface area (Å²) in [6.45, 7) is 11.2. The van der Waals surface area contributed by atoms with Gasteiger partial charge in [0, 0.05) is 38.9 Å². The second-order valence-corrected chi connectivity index (χ2v) is 8.21.